The predicted molar refractivity (Wildman–Crippen MR) is 80.6 cm³/mol. The maximum Gasteiger partial charge on any atom is 0.306 e. The van der Waals surface area contributed by atoms with Crippen LogP contribution in [-0.2, 0) is 14.8 Å². The van der Waals surface area contributed by atoms with Crippen molar-refractivity contribution in [3.8, 4) is 5.75 Å². The van der Waals surface area contributed by atoms with Gasteiger partial charge in [-0.1, -0.05) is 0 Å². The summed E-state index contributed by atoms with van der Waals surface area (Å²) in [6.07, 6.45) is 0.515. The molecule has 126 valence electrons. The number of primary amides is 1. The number of nitrogens with two attached hydrogens (primary N) is 1. The molecule has 1 fully saturated rings. The van der Waals surface area contributed by atoms with Crippen LogP contribution in [0.5, 0.6) is 5.75 Å². The SMILES string of the molecule is COc1ccc(S(=O)(=O)N2CCC(C(=O)O)CC2)cc1C(N)=O. The number of sulfonamides is 1. The zero-order valence-electron chi connectivity index (χ0n) is 12.6. The quantitative estimate of drug-likeness (QED) is 0.791. The van der Waals surface area contributed by atoms with Crippen LogP contribution < -0.4 is 10.5 Å². The summed E-state index contributed by atoms with van der Waals surface area (Å²) < 4.78 is 31.5. The lowest BCUT2D eigenvalue weighted by Gasteiger charge is -2.29. The van der Waals surface area contributed by atoms with E-state index in [9.17, 15) is 18.0 Å². The molecule has 3 N–H and O–H groups in total. The van der Waals surface area contributed by atoms with Crippen LogP contribution >= 0.6 is 0 Å². The third kappa shape index (κ3) is 3.45. The number of ether oxygens (including phenoxy) is 1. The van der Waals surface area contributed by atoms with Crippen LogP contribution in [0, 0.1) is 5.92 Å². The number of carbonyl (C=O) groups excluding carboxylic acids is 1. The van der Waals surface area contributed by atoms with Gasteiger partial charge in [0.2, 0.25) is 10.0 Å². The minimum atomic E-state index is -3.82. The van der Waals surface area contributed by atoms with Gasteiger partial charge in [0.05, 0.1) is 23.5 Å². The Hall–Kier alpha value is -2.13. The van der Waals surface area contributed by atoms with Gasteiger partial charge in [-0.15, -0.1) is 0 Å². The third-order valence-corrected chi connectivity index (χ3v) is 5.77. The van der Waals surface area contributed by atoms with E-state index in [4.69, 9.17) is 15.6 Å². The minimum Gasteiger partial charge on any atom is -0.496 e. The standard InChI is InChI=1S/C14H18N2O6S/c1-22-12-3-2-10(8-11(12)13(15)17)23(20,21)16-6-4-9(5-7-16)14(18)19/h2-3,8-9H,4-7H2,1H3,(H2,15,17)(H,18,19). The van der Waals surface area contributed by atoms with Crippen molar-refractivity contribution in [3.05, 3.63) is 23.8 Å². The number of nitrogens with zero attached hydrogens (tertiary/aromatic N) is 1. The van der Waals surface area contributed by atoms with Crippen LogP contribution in [0.3, 0.4) is 0 Å². The first-order valence-corrected chi connectivity index (χ1v) is 8.42. The van der Waals surface area contributed by atoms with Gasteiger partial charge >= 0.3 is 5.97 Å². The zero-order valence-corrected chi connectivity index (χ0v) is 13.4. The van der Waals surface area contributed by atoms with E-state index in [1.165, 1.54) is 29.6 Å². The number of methoxy groups -OCH3 is 1. The average molecular weight is 342 g/mol. The van der Waals surface area contributed by atoms with Crippen molar-refractivity contribution in [1.29, 1.82) is 0 Å². The monoisotopic (exact) mass is 342 g/mol. The van der Waals surface area contributed by atoms with Crippen molar-refractivity contribution in [3.63, 3.8) is 0 Å². The predicted octanol–water partition coefficient (Wildman–Crippen LogP) is 0.279. The summed E-state index contributed by atoms with van der Waals surface area (Å²) in [7, 11) is -2.46. The van der Waals surface area contributed by atoms with Crippen molar-refractivity contribution in [1.82, 2.24) is 4.31 Å². The fraction of sp³-hybridized carbons (Fsp3) is 0.429. The number of hydrogen-bond acceptors (Lipinski definition) is 5. The molecule has 0 aliphatic carbocycles. The number of benzene rings is 1. The first-order valence-electron chi connectivity index (χ1n) is 6.98. The molecule has 1 amide bonds. The highest BCUT2D eigenvalue weighted by Crippen LogP contribution is 2.27. The molecule has 8 nitrogen and oxygen atoms in total. The maximum absolute atomic E-state index is 12.6. The molecule has 0 saturated carbocycles. The van der Waals surface area contributed by atoms with E-state index in [2.05, 4.69) is 0 Å². The second kappa shape index (κ2) is 6.55. The molecule has 0 spiro atoms. The van der Waals surface area contributed by atoms with Gasteiger partial charge in [-0.05, 0) is 31.0 Å². The van der Waals surface area contributed by atoms with E-state index >= 15 is 0 Å². The second-order valence-electron chi connectivity index (χ2n) is 5.24. The Bertz CT molecular complexity index is 723. The fourth-order valence-corrected chi connectivity index (χ4v) is 4.03. The molecule has 0 bridgehead atoms. The van der Waals surface area contributed by atoms with Crippen molar-refractivity contribution in [2.75, 3.05) is 20.2 Å². The van der Waals surface area contributed by atoms with Gasteiger partial charge in [-0.3, -0.25) is 9.59 Å². The molecule has 2 rings (SSSR count). The molecule has 0 unspecified atom stereocenters. The Morgan fingerprint density at radius 3 is 2.39 bits per heavy atom. The second-order valence-corrected chi connectivity index (χ2v) is 7.18. The smallest absolute Gasteiger partial charge is 0.306 e. The lowest BCUT2D eigenvalue weighted by Crippen LogP contribution is -2.40. The minimum absolute atomic E-state index is 0.0194. The van der Waals surface area contributed by atoms with Crippen LogP contribution in [0.4, 0.5) is 0 Å². The fourth-order valence-electron chi connectivity index (χ4n) is 2.53. The van der Waals surface area contributed by atoms with Gasteiger partial charge in [0.25, 0.3) is 5.91 Å². The number of amides is 1. The topological polar surface area (TPSA) is 127 Å². The van der Waals surface area contributed by atoms with E-state index in [-0.39, 0.29) is 42.1 Å². The van der Waals surface area contributed by atoms with Gasteiger partial charge in [-0.2, -0.15) is 4.31 Å². The molecular formula is C14H18N2O6S. The summed E-state index contributed by atoms with van der Waals surface area (Å²) in [5, 5.41) is 8.97. The molecule has 1 aliphatic rings. The first-order chi connectivity index (χ1) is 10.8. The van der Waals surface area contributed by atoms with Crippen molar-refractivity contribution >= 4 is 21.9 Å². The molecular weight excluding hydrogens is 324 g/mol. The van der Waals surface area contributed by atoms with Gasteiger partial charge in [0.15, 0.2) is 0 Å². The van der Waals surface area contributed by atoms with Gasteiger partial charge < -0.3 is 15.6 Å². The Morgan fingerprint density at radius 1 is 1.30 bits per heavy atom. The highest BCUT2D eigenvalue weighted by molar-refractivity contribution is 7.89. The lowest BCUT2D eigenvalue weighted by molar-refractivity contribution is -0.142. The number of aliphatic carboxylic acids is 1. The molecule has 0 aromatic heterocycles. The van der Waals surface area contributed by atoms with Crippen molar-refractivity contribution < 1.29 is 27.9 Å². The van der Waals surface area contributed by atoms with Crippen molar-refractivity contribution in [2.45, 2.75) is 17.7 Å². The summed E-state index contributed by atoms with van der Waals surface area (Å²) in [5.41, 5.74) is 5.22. The highest BCUT2D eigenvalue weighted by atomic mass is 32.2. The first kappa shape index (κ1) is 17.2. The molecule has 0 radical (unpaired) electrons. The number of carboxylic acid groups (broad SMARTS) is 1. The van der Waals surface area contributed by atoms with E-state index in [0.29, 0.717) is 0 Å². The van der Waals surface area contributed by atoms with Crippen LogP contribution in [0.2, 0.25) is 0 Å². The Balaban J connectivity index is 2.29. The van der Waals surface area contributed by atoms with E-state index in [1.807, 2.05) is 0 Å². The van der Waals surface area contributed by atoms with Gasteiger partial charge in [0, 0.05) is 13.1 Å². The number of carbonyl (C=O) groups is 2. The average Bonchev–Trinajstić information content (AvgIpc) is 2.54. The van der Waals surface area contributed by atoms with E-state index < -0.39 is 27.8 Å². The van der Waals surface area contributed by atoms with Gasteiger partial charge in [-0.25, -0.2) is 8.42 Å². The molecule has 1 aromatic carbocycles. The summed E-state index contributed by atoms with van der Waals surface area (Å²) in [6, 6.07) is 3.89. The Labute approximate surface area is 133 Å². The van der Waals surface area contributed by atoms with Crippen LogP contribution in [0.25, 0.3) is 0 Å². The Morgan fingerprint density at radius 2 is 1.91 bits per heavy atom. The number of piperidine rings is 1. The normalized spacial score (nSPS) is 16.9. The van der Waals surface area contributed by atoms with Crippen LogP contribution in [0.15, 0.2) is 23.1 Å². The molecule has 1 saturated heterocycles. The number of hydrogen-bond donors (Lipinski definition) is 2. The van der Waals surface area contributed by atoms with Gasteiger partial charge in [0.1, 0.15) is 5.75 Å². The molecule has 1 heterocycles. The molecule has 23 heavy (non-hydrogen) atoms. The van der Waals surface area contributed by atoms with E-state index in [0.717, 1.165) is 0 Å². The molecule has 9 heteroatoms. The van der Waals surface area contributed by atoms with E-state index in [1.54, 1.807) is 0 Å². The zero-order chi connectivity index (χ0) is 17.2. The highest BCUT2D eigenvalue weighted by Gasteiger charge is 2.32. The largest absolute Gasteiger partial charge is 0.496 e. The summed E-state index contributed by atoms with van der Waals surface area (Å²) in [4.78, 5) is 22.3. The summed E-state index contributed by atoms with van der Waals surface area (Å²) in [5.74, 6) is -2.04. The number of carboxylic acids is 1. The Kier molecular flexibility index (Phi) is 4.90. The molecule has 1 aliphatic heterocycles. The lowest BCUT2D eigenvalue weighted by atomic mass is 9.99. The third-order valence-electron chi connectivity index (χ3n) is 3.88. The van der Waals surface area contributed by atoms with Crippen LogP contribution in [-0.4, -0.2) is 49.9 Å². The summed E-state index contributed by atoms with van der Waals surface area (Å²) in [6.45, 7) is 0.245. The molecule has 0 atom stereocenters. The molecule has 1 aromatic rings. The maximum atomic E-state index is 12.6. The van der Waals surface area contributed by atoms with Crippen molar-refractivity contribution in [2.24, 2.45) is 11.7 Å². The summed E-state index contributed by atoms with van der Waals surface area (Å²) >= 11 is 0. The van der Waals surface area contributed by atoms with Crippen LogP contribution in [0.1, 0.15) is 23.2 Å². The number of rotatable bonds is 5.